The van der Waals surface area contributed by atoms with Crippen molar-refractivity contribution in [1.29, 1.82) is 0 Å². The Morgan fingerprint density at radius 3 is 2.16 bits per heavy atom. The Morgan fingerprint density at radius 2 is 1.47 bits per heavy atom. The summed E-state index contributed by atoms with van der Waals surface area (Å²) in [6.45, 7) is 5.47. The van der Waals surface area contributed by atoms with Gasteiger partial charge in [0, 0.05) is 48.4 Å². The number of pyridine rings is 1. The first-order valence-corrected chi connectivity index (χ1v) is 12.1. The summed E-state index contributed by atoms with van der Waals surface area (Å²) in [7, 11) is 0. The van der Waals surface area contributed by atoms with E-state index in [0.29, 0.717) is 46.9 Å². The van der Waals surface area contributed by atoms with Crippen LogP contribution < -0.4 is 10.3 Å². The first-order chi connectivity index (χ1) is 18.4. The predicted molar refractivity (Wildman–Crippen MR) is 141 cm³/mol. The van der Waals surface area contributed by atoms with Crippen LogP contribution in [0.25, 0.3) is 33.7 Å². The molecule has 38 heavy (non-hydrogen) atoms. The highest BCUT2D eigenvalue weighted by Gasteiger charge is 2.13. The first kappa shape index (κ1) is 23.4. The lowest BCUT2D eigenvalue weighted by Gasteiger charge is -2.12. The molecule has 3 heterocycles. The summed E-state index contributed by atoms with van der Waals surface area (Å²) in [5.41, 5.74) is 4.90. The number of ether oxygens (including phenoxy) is 1. The fraction of sp³-hybridized carbons (Fsp3) is 0.138. The lowest BCUT2D eigenvalue weighted by molar-refractivity contribution is 0.394. The van der Waals surface area contributed by atoms with Crippen LogP contribution in [0.1, 0.15) is 28.5 Å². The lowest BCUT2D eigenvalue weighted by atomic mass is 9.98. The minimum Gasteiger partial charge on any atom is -0.457 e. The molecule has 0 radical (unpaired) electrons. The third kappa shape index (κ3) is 4.57. The topological polar surface area (TPSA) is 120 Å². The van der Waals surface area contributed by atoms with Crippen LogP contribution in [0.5, 0.6) is 11.5 Å². The molecule has 0 aliphatic carbocycles. The van der Waals surface area contributed by atoms with E-state index in [1.807, 2.05) is 73.7 Å². The van der Waals surface area contributed by atoms with E-state index in [4.69, 9.17) is 13.8 Å². The highest BCUT2D eigenvalue weighted by molar-refractivity contribution is 5.84. The standard InChI is InChI=1S/C29H23N5O4/c1-16-24-12-11-23(36-22-6-4-5-21(14-22)28-31-18(3)38-34-28)15-26(24)32-29(35)25(16)13-19-7-9-20(10-8-19)27-30-17(2)37-33-27/h4-12,14-15H,13H2,1-3H3,(H,32,35). The molecule has 3 aromatic carbocycles. The third-order valence-electron chi connectivity index (χ3n) is 6.35. The van der Waals surface area contributed by atoms with Crippen molar-refractivity contribution in [2.75, 3.05) is 0 Å². The Morgan fingerprint density at radius 1 is 0.789 bits per heavy atom. The van der Waals surface area contributed by atoms with E-state index in [0.717, 1.165) is 33.2 Å². The summed E-state index contributed by atoms with van der Waals surface area (Å²) in [5.74, 6) is 3.29. The Labute approximate surface area is 217 Å². The number of fused-ring (bicyclic) bond motifs is 1. The second-order valence-electron chi connectivity index (χ2n) is 9.04. The molecule has 6 rings (SSSR count). The highest BCUT2D eigenvalue weighted by atomic mass is 16.5. The van der Waals surface area contributed by atoms with Crippen LogP contribution in [-0.2, 0) is 6.42 Å². The molecule has 0 bridgehead atoms. The average molecular weight is 506 g/mol. The van der Waals surface area contributed by atoms with Crippen molar-refractivity contribution in [1.82, 2.24) is 25.3 Å². The number of benzene rings is 3. The highest BCUT2D eigenvalue weighted by Crippen LogP contribution is 2.29. The summed E-state index contributed by atoms with van der Waals surface area (Å²) in [5, 5.41) is 8.87. The molecule has 0 atom stereocenters. The van der Waals surface area contributed by atoms with Gasteiger partial charge in [-0.1, -0.05) is 46.7 Å². The summed E-state index contributed by atoms with van der Waals surface area (Å²) >= 11 is 0. The molecule has 188 valence electrons. The van der Waals surface area contributed by atoms with E-state index in [-0.39, 0.29) is 5.56 Å². The van der Waals surface area contributed by atoms with Crippen molar-refractivity contribution in [3.8, 4) is 34.3 Å². The fourth-order valence-electron chi connectivity index (χ4n) is 4.40. The summed E-state index contributed by atoms with van der Waals surface area (Å²) in [4.78, 5) is 24.6. The number of hydrogen-bond acceptors (Lipinski definition) is 8. The molecule has 1 N–H and O–H groups in total. The van der Waals surface area contributed by atoms with Crippen LogP contribution in [0.3, 0.4) is 0 Å². The number of nitrogens with one attached hydrogen (secondary N) is 1. The Kier molecular flexibility index (Phi) is 5.80. The van der Waals surface area contributed by atoms with Crippen LogP contribution in [0.15, 0.2) is 80.6 Å². The molecule has 0 amide bonds. The number of rotatable bonds is 6. The van der Waals surface area contributed by atoms with Gasteiger partial charge in [-0.25, -0.2) is 0 Å². The van der Waals surface area contributed by atoms with Gasteiger partial charge in [-0.3, -0.25) is 4.79 Å². The number of H-pyrrole nitrogens is 1. The van der Waals surface area contributed by atoms with E-state index in [2.05, 4.69) is 25.3 Å². The third-order valence-corrected chi connectivity index (χ3v) is 6.35. The van der Waals surface area contributed by atoms with E-state index >= 15 is 0 Å². The minimum absolute atomic E-state index is 0.125. The van der Waals surface area contributed by atoms with Crippen molar-refractivity contribution < 1.29 is 13.8 Å². The monoisotopic (exact) mass is 505 g/mol. The number of aryl methyl sites for hydroxylation is 3. The summed E-state index contributed by atoms with van der Waals surface area (Å²) < 4.78 is 16.2. The normalized spacial score (nSPS) is 11.2. The van der Waals surface area contributed by atoms with E-state index in [9.17, 15) is 4.79 Å². The summed E-state index contributed by atoms with van der Waals surface area (Å²) in [6, 6.07) is 21.0. The van der Waals surface area contributed by atoms with Gasteiger partial charge in [0.05, 0.1) is 5.52 Å². The van der Waals surface area contributed by atoms with Crippen LogP contribution in [0, 0.1) is 20.8 Å². The molecule has 6 aromatic rings. The molecule has 3 aromatic heterocycles. The van der Waals surface area contributed by atoms with Crippen molar-refractivity contribution in [2.45, 2.75) is 27.2 Å². The molecule has 0 saturated carbocycles. The number of nitrogens with zero attached hydrogens (tertiary/aromatic N) is 4. The van der Waals surface area contributed by atoms with Gasteiger partial charge in [0.15, 0.2) is 0 Å². The van der Waals surface area contributed by atoms with Crippen LogP contribution in [0.4, 0.5) is 0 Å². The second-order valence-corrected chi connectivity index (χ2v) is 9.04. The molecule has 0 aliphatic rings. The maximum atomic E-state index is 13.1. The van der Waals surface area contributed by atoms with Gasteiger partial charge in [0.1, 0.15) is 11.5 Å². The number of aromatic amines is 1. The SMILES string of the molecule is Cc1nc(-c2ccc(Cc3c(C)c4ccc(Oc5cccc(-c6noc(C)n6)c5)cc4[nH]c3=O)cc2)no1. The number of hydrogen-bond donors (Lipinski definition) is 1. The lowest BCUT2D eigenvalue weighted by Crippen LogP contribution is -2.15. The van der Waals surface area contributed by atoms with Gasteiger partial charge in [-0.15, -0.1) is 0 Å². The van der Waals surface area contributed by atoms with Gasteiger partial charge < -0.3 is 18.8 Å². The zero-order valence-electron chi connectivity index (χ0n) is 21.0. The molecule has 9 heteroatoms. The molecule has 0 aliphatic heterocycles. The molecule has 0 unspecified atom stereocenters. The van der Waals surface area contributed by atoms with Gasteiger partial charge in [0.25, 0.3) is 5.56 Å². The summed E-state index contributed by atoms with van der Waals surface area (Å²) in [6.07, 6.45) is 0.503. The molecular weight excluding hydrogens is 482 g/mol. The minimum atomic E-state index is -0.125. The van der Waals surface area contributed by atoms with E-state index < -0.39 is 0 Å². The van der Waals surface area contributed by atoms with E-state index in [1.54, 1.807) is 13.8 Å². The Hall–Kier alpha value is -5.05. The quantitative estimate of drug-likeness (QED) is 0.295. The van der Waals surface area contributed by atoms with Gasteiger partial charge in [-0.05, 0) is 42.3 Å². The fourth-order valence-corrected chi connectivity index (χ4v) is 4.40. The molecular formula is C29H23N5O4. The van der Waals surface area contributed by atoms with Crippen molar-refractivity contribution in [3.05, 3.63) is 106 Å². The van der Waals surface area contributed by atoms with Gasteiger partial charge >= 0.3 is 0 Å². The maximum Gasteiger partial charge on any atom is 0.252 e. The van der Waals surface area contributed by atoms with Gasteiger partial charge in [-0.2, -0.15) is 9.97 Å². The largest absolute Gasteiger partial charge is 0.457 e. The van der Waals surface area contributed by atoms with Crippen molar-refractivity contribution in [2.24, 2.45) is 0 Å². The maximum absolute atomic E-state index is 13.1. The number of aromatic nitrogens is 5. The Balaban J connectivity index is 1.25. The molecule has 0 fully saturated rings. The molecule has 0 spiro atoms. The zero-order chi connectivity index (χ0) is 26.2. The van der Waals surface area contributed by atoms with E-state index in [1.165, 1.54) is 0 Å². The predicted octanol–water partition coefficient (Wildman–Crippen LogP) is 5.94. The van der Waals surface area contributed by atoms with Gasteiger partial charge in [0.2, 0.25) is 23.4 Å². The average Bonchev–Trinajstić information content (AvgIpc) is 3.55. The molecule has 0 saturated heterocycles. The second kappa shape index (κ2) is 9.44. The zero-order valence-corrected chi connectivity index (χ0v) is 21.0. The van der Waals surface area contributed by atoms with Crippen LogP contribution in [0.2, 0.25) is 0 Å². The molecule has 9 nitrogen and oxygen atoms in total. The first-order valence-electron chi connectivity index (χ1n) is 12.1. The van der Waals surface area contributed by atoms with Crippen molar-refractivity contribution >= 4 is 10.9 Å². The van der Waals surface area contributed by atoms with Crippen LogP contribution >= 0.6 is 0 Å². The van der Waals surface area contributed by atoms with Crippen LogP contribution in [-0.4, -0.2) is 25.3 Å². The Bertz CT molecular complexity index is 1830. The smallest absolute Gasteiger partial charge is 0.252 e. The van der Waals surface area contributed by atoms with Crippen molar-refractivity contribution in [3.63, 3.8) is 0 Å².